The lowest BCUT2D eigenvalue weighted by molar-refractivity contribution is 0.382. The number of hydrogen-bond donors (Lipinski definition) is 1. The molecule has 5 nitrogen and oxygen atoms in total. The van der Waals surface area contributed by atoms with E-state index in [2.05, 4.69) is 0 Å². The zero-order valence-electron chi connectivity index (χ0n) is 13.1. The summed E-state index contributed by atoms with van der Waals surface area (Å²) in [5, 5.41) is 1.03. The molecule has 0 atom stereocenters. The SMILES string of the molecule is Nc1ccc(S(=O)(=O)N2CCN(c3cc(Cl)cc(Cl)c3)CC2)c(F)c1. The Hall–Kier alpha value is -1.54. The van der Waals surface area contributed by atoms with E-state index in [4.69, 9.17) is 28.9 Å². The van der Waals surface area contributed by atoms with Crippen LogP contribution in [-0.2, 0) is 10.0 Å². The van der Waals surface area contributed by atoms with Crippen LogP contribution < -0.4 is 10.6 Å². The number of nitrogens with two attached hydrogens (primary N) is 1. The molecule has 0 radical (unpaired) electrons. The minimum Gasteiger partial charge on any atom is -0.399 e. The number of nitrogens with zero attached hydrogens (tertiary/aromatic N) is 2. The average molecular weight is 404 g/mol. The predicted molar refractivity (Wildman–Crippen MR) is 98.2 cm³/mol. The van der Waals surface area contributed by atoms with Crippen molar-refractivity contribution in [1.29, 1.82) is 0 Å². The molecule has 0 aromatic heterocycles. The summed E-state index contributed by atoms with van der Waals surface area (Å²) in [4.78, 5) is 1.63. The molecule has 0 amide bonds. The molecule has 1 aliphatic heterocycles. The van der Waals surface area contributed by atoms with Crippen molar-refractivity contribution in [2.24, 2.45) is 0 Å². The average Bonchev–Trinajstić information content (AvgIpc) is 2.53. The van der Waals surface area contributed by atoms with Crippen molar-refractivity contribution in [1.82, 2.24) is 4.31 Å². The summed E-state index contributed by atoms with van der Waals surface area (Å²) in [6.07, 6.45) is 0. The molecule has 1 heterocycles. The van der Waals surface area contributed by atoms with Gasteiger partial charge < -0.3 is 10.6 Å². The lowest BCUT2D eigenvalue weighted by Gasteiger charge is -2.35. The van der Waals surface area contributed by atoms with Crippen LogP contribution in [0.15, 0.2) is 41.3 Å². The predicted octanol–water partition coefficient (Wildman–Crippen LogP) is 3.23. The van der Waals surface area contributed by atoms with Crippen LogP contribution in [0.2, 0.25) is 10.0 Å². The summed E-state index contributed by atoms with van der Waals surface area (Å²) in [6, 6.07) is 8.77. The summed E-state index contributed by atoms with van der Waals surface area (Å²) in [5.41, 5.74) is 6.49. The second-order valence-electron chi connectivity index (χ2n) is 5.71. The van der Waals surface area contributed by atoms with E-state index in [9.17, 15) is 12.8 Å². The third kappa shape index (κ3) is 3.84. The number of piperazine rings is 1. The molecule has 134 valence electrons. The molecule has 25 heavy (non-hydrogen) atoms. The van der Waals surface area contributed by atoms with Gasteiger partial charge in [0.1, 0.15) is 10.7 Å². The van der Waals surface area contributed by atoms with Crippen LogP contribution in [0.3, 0.4) is 0 Å². The van der Waals surface area contributed by atoms with Crippen LogP contribution in [0.1, 0.15) is 0 Å². The highest BCUT2D eigenvalue weighted by Crippen LogP contribution is 2.28. The number of anilines is 2. The molecular formula is C16H16Cl2FN3O2S. The van der Waals surface area contributed by atoms with Crippen LogP contribution in [0.4, 0.5) is 15.8 Å². The second kappa shape index (κ2) is 6.99. The van der Waals surface area contributed by atoms with Gasteiger partial charge in [-0.3, -0.25) is 0 Å². The first-order valence-corrected chi connectivity index (χ1v) is 9.73. The summed E-state index contributed by atoms with van der Waals surface area (Å²) >= 11 is 12.0. The quantitative estimate of drug-likeness (QED) is 0.798. The van der Waals surface area contributed by atoms with Crippen LogP contribution in [0.5, 0.6) is 0 Å². The normalized spacial score (nSPS) is 16.2. The number of sulfonamides is 1. The van der Waals surface area contributed by atoms with Crippen molar-refractivity contribution < 1.29 is 12.8 Å². The molecule has 0 spiro atoms. The van der Waals surface area contributed by atoms with Gasteiger partial charge in [0, 0.05) is 47.6 Å². The standard InChI is InChI=1S/C16H16Cl2FN3O2S/c17-11-7-12(18)9-14(8-11)21-3-5-22(6-4-21)25(23,24)16-2-1-13(20)10-15(16)19/h1-2,7-10H,3-6,20H2. The fourth-order valence-corrected chi connectivity index (χ4v) is 4.76. The Labute approximate surface area is 155 Å². The maximum absolute atomic E-state index is 14.0. The van der Waals surface area contributed by atoms with E-state index in [0.29, 0.717) is 23.1 Å². The van der Waals surface area contributed by atoms with Crippen molar-refractivity contribution >= 4 is 44.6 Å². The first kappa shape index (κ1) is 18.3. The van der Waals surface area contributed by atoms with Gasteiger partial charge in [-0.05, 0) is 36.4 Å². The second-order valence-corrected chi connectivity index (χ2v) is 8.49. The Morgan fingerprint density at radius 3 is 2.12 bits per heavy atom. The first-order valence-electron chi connectivity index (χ1n) is 7.53. The van der Waals surface area contributed by atoms with Gasteiger partial charge in [-0.15, -0.1) is 0 Å². The fourth-order valence-electron chi connectivity index (χ4n) is 2.77. The van der Waals surface area contributed by atoms with Crippen LogP contribution in [-0.4, -0.2) is 38.9 Å². The van der Waals surface area contributed by atoms with Gasteiger partial charge >= 0.3 is 0 Å². The van der Waals surface area contributed by atoms with E-state index in [1.165, 1.54) is 16.4 Å². The highest BCUT2D eigenvalue weighted by molar-refractivity contribution is 7.89. The van der Waals surface area contributed by atoms with E-state index in [0.717, 1.165) is 11.8 Å². The first-order chi connectivity index (χ1) is 11.8. The van der Waals surface area contributed by atoms with Gasteiger partial charge in [-0.25, -0.2) is 12.8 Å². The minimum absolute atomic E-state index is 0.180. The van der Waals surface area contributed by atoms with E-state index >= 15 is 0 Å². The fraction of sp³-hybridized carbons (Fsp3) is 0.250. The molecule has 9 heteroatoms. The summed E-state index contributed by atoms with van der Waals surface area (Å²) in [5.74, 6) is -0.843. The van der Waals surface area contributed by atoms with Gasteiger partial charge in [-0.2, -0.15) is 4.31 Å². The summed E-state index contributed by atoms with van der Waals surface area (Å²) in [6.45, 7) is 1.37. The maximum atomic E-state index is 14.0. The largest absolute Gasteiger partial charge is 0.399 e. The number of nitrogen functional groups attached to an aromatic ring is 1. The van der Waals surface area contributed by atoms with Crippen molar-refractivity contribution in [3.63, 3.8) is 0 Å². The van der Waals surface area contributed by atoms with Crippen LogP contribution in [0.25, 0.3) is 0 Å². The zero-order chi connectivity index (χ0) is 18.2. The van der Waals surface area contributed by atoms with Gasteiger partial charge in [0.05, 0.1) is 0 Å². The molecule has 3 rings (SSSR count). The Balaban J connectivity index is 1.77. The number of halogens is 3. The van der Waals surface area contributed by atoms with Crippen molar-refractivity contribution in [2.75, 3.05) is 36.8 Å². The topological polar surface area (TPSA) is 66.6 Å². The molecule has 0 aliphatic carbocycles. The molecule has 2 N–H and O–H groups in total. The third-order valence-electron chi connectivity index (χ3n) is 4.02. The smallest absolute Gasteiger partial charge is 0.246 e. The molecule has 1 saturated heterocycles. The Kier molecular flexibility index (Phi) is 5.11. The Morgan fingerprint density at radius 1 is 0.960 bits per heavy atom. The highest BCUT2D eigenvalue weighted by atomic mass is 35.5. The molecule has 1 fully saturated rings. The molecule has 0 bridgehead atoms. The van der Waals surface area contributed by atoms with Gasteiger partial charge in [0.15, 0.2) is 0 Å². The van der Waals surface area contributed by atoms with E-state index in [1.54, 1.807) is 18.2 Å². The van der Waals surface area contributed by atoms with Gasteiger partial charge in [0.2, 0.25) is 10.0 Å². The molecular weight excluding hydrogens is 388 g/mol. The molecule has 0 saturated carbocycles. The molecule has 2 aromatic carbocycles. The van der Waals surface area contributed by atoms with Crippen LogP contribution >= 0.6 is 23.2 Å². The highest BCUT2D eigenvalue weighted by Gasteiger charge is 2.30. The third-order valence-corrected chi connectivity index (χ3v) is 6.39. The number of rotatable bonds is 3. The number of hydrogen-bond acceptors (Lipinski definition) is 4. The lowest BCUT2D eigenvalue weighted by atomic mass is 10.2. The molecule has 0 unspecified atom stereocenters. The van der Waals surface area contributed by atoms with Gasteiger partial charge in [-0.1, -0.05) is 23.2 Å². The Morgan fingerprint density at radius 2 is 1.56 bits per heavy atom. The van der Waals surface area contributed by atoms with Gasteiger partial charge in [0.25, 0.3) is 0 Å². The summed E-state index contributed by atoms with van der Waals surface area (Å²) in [7, 11) is -3.91. The monoisotopic (exact) mass is 403 g/mol. The number of benzene rings is 2. The van der Waals surface area contributed by atoms with Crippen molar-refractivity contribution in [3.05, 3.63) is 52.3 Å². The van der Waals surface area contributed by atoms with E-state index in [-0.39, 0.29) is 23.7 Å². The maximum Gasteiger partial charge on any atom is 0.246 e. The van der Waals surface area contributed by atoms with Crippen molar-refractivity contribution in [3.8, 4) is 0 Å². The Bertz CT molecular complexity index is 880. The molecule has 2 aromatic rings. The van der Waals surface area contributed by atoms with Crippen LogP contribution in [0, 0.1) is 5.82 Å². The zero-order valence-corrected chi connectivity index (χ0v) is 15.5. The molecule has 1 aliphatic rings. The van der Waals surface area contributed by atoms with E-state index in [1.807, 2.05) is 4.90 Å². The van der Waals surface area contributed by atoms with Crippen molar-refractivity contribution in [2.45, 2.75) is 4.90 Å². The minimum atomic E-state index is -3.91. The van der Waals surface area contributed by atoms with E-state index < -0.39 is 15.8 Å². The lowest BCUT2D eigenvalue weighted by Crippen LogP contribution is -2.48. The summed E-state index contributed by atoms with van der Waals surface area (Å²) < 4.78 is 40.6.